The van der Waals surface area contributed by atoms with Crippen molar-refractivity contribution in [2.24, 2.45) is 4.99 Å². The van der Waals surface area contributed by atoms with Crippen LogP contribution in [0.5, 0.6) is 11.5 Å². The molecule has 1 aliphatic rings. The average molecular weight is 575 g/mol. The number of allylic oxidation sites excluding steroid dienone is 1. The van der Waals surface area contributed by atoms with Crippen molar-refractivity contribution >= 4 is 35.0 Å². The van der Waals surface area contributed by atoms with Crippen LogP contribution in [0.3, 0.4) is 0 Å². The van der Waals surface area contributed by atoms with Crippen molar-refractivity contribution in [1.29, 1.82) is 0 Å². The largest absolute Gasteiger partial charge is 0.490 e. The molecule has 0 spiro atoms. The van der Waals surface area contributed by atoms with Crippen molar-refractivity contribution in [2.75, 3.05) is 13.7 Å². The van der Waals surface area contributed by atoms with Gasteiger partial charge in [0, 0.05) is 0 Å². The van der Waals surface area contributed by atoms with Gasteiger partial charge in [-0.05, 0) is 48.7 Å². The fourth-order valence-corrected chi connectivity index (χ4v) is 5.92. The lowest BCUT2D eigenvalue weighted by Gasteiger charge is -2.24. The molecule has 7 nitrogen and oxygen atoms in total. The van der Waals surface area contributed by atoms with Gasteiger partial charge in [0.25, 0.3) is 5.56 Å². The predicted molar refractivity (Wildman–Crippen MR) is 156 cm³/mol. The maximum atomic E-state index is 13.8. The summed E-state index contributed by atoms with van der Waals surface area (Å²) in [5.74, 6) is 0.396. The van der Waals surface area contributed by atoms with Gasteiger partial charge in [-0.15, -0.1) is 0 Å². The van der Waals surface area contributed by atoms with Gasteiger partial charge in [-0.25, -0.2) is 9.79 Å². The fourth-order valence-electron chi connectivity index (χ4n) is 4.60. The van der Waals surface area contributed by atoms with Gasteiger partial charge in [0.2, 0.25) is 0 Å². The Bertz CT molecular complexity index is 1760. The first-order valence-electron chi connectivity index (χ1n) is 12.7. The van der Waals surface area contributed by atoms with Crippen LogP contribution < -0.4 is 24.4 Å². The number of benzene rings is 3. The molecule has 204 valence electrons. The first kappa shape index (κ1) is 27.4. The van der Waals surface area contributed by atoms with Gasteiger partial charge in [0.15, 0.2) is 16.3 Å². The van der Waals surface area contributed by atoms with E-state index in [4.69, 9.17) is 25.8 Å². The van der Waals surface area contributed by atoms with Gasteiger partial charge in [-0.2, -0.15) is 0 Å². The number of hydrogen-bond acceptors (Lipinski definition) is 7. The summed E-state index contributed by atoms with van der Waals surface area (Å²) < 4.78 is 18.9. The highest BCUT2D eigenvalue weighted by Crippen LogP contribution is 2.37. The number of carbonyl (C=O) groups excluding carboxylic acids is 1. The molecule has 40 heavy (non-hydrogen) atoms. The number of ether oxygens (including phenoxy) is 3. The van der Waals surface area contributed by atoms with E-state index < -0.39 is 12.0 Å². The van der Waals surface area contributed by atoms with Crippen LogP contribution in [0.4, 0.5) is 0 Å². The highest BCUT2D eigenvalue weighted by Gasteiger charge is 2.32. The van der Waals surface area contributed by atoms with Gasteiger partial charge in [0.1, 0.15) is 6.61 Å². The minimum atomic E-state index is -0.664. The van der Waals surface area contributed by atoms with Crippen molar-refractivity contribution < 1.29 is 19.0 Å². The summed E-state index contributed by atoms with van der Waals surface area (Å²) in [6.45, 7) is 4.38. The number of thiazole rings is 1. The smallest absolute Gasteiger partial charge is 0.338 e. The summed E-state index contributed by atoms with van der Waals surface area (Å²) in [7, 11) is 1.32. The standard InChI is InChI=1S/C31H27ClN2O5S/c1-4-38-24-16-21(15-23(32)28(24)39-18-20-11-7-5-8-12-20)17-25-29(35)34-27(22-13-9-6-10-14-22)26(30(36)37-3)19(2)33-31(34)40-25/h5-17,27H,4,18H2,1-3H3. The van der Waals surface area contributed by atoms with Crippen LogP contribution in [0, 0.1) is 0 Å². The summed E-state index contributed by atoms with van der Waals surface area (Å²) in [5.41, 5.74) is 3.02. The average Bonchev–Trinajstić information content (AvgIpc) is 3.26. The number of fused-ring (bicyclic) bond motifs is 1. The maximum absolute atomic E-state index is 13.8. The lowest BCUT2D eigenvalue weighted by Crippen LogP contribution is -2.39. The van der Waals surface area contributed by atoms with Gasteiger partial charge in [-0.3, -0.25) is 9.36 Å². The summed E-state index contributed by atoms with van der Waals surface area (Å²) in [4.78, 5) is 31.7. The zero-order valence-corrected chi connectivity index (χ0v) is 23.8. The third-order valence-electron chi connectivity index (χ3n) is 6.40. The molecule has 5 rings (SSSR count). The second kappa shape index (κ2) is 11.9. The number of esters is 1. The predicted octanol–water partition coefficient (Wildman–Crippen LogP) is 5.04. The minimum absolute atomic E-state index is 0.273. The second-order valence-corrected chi connectivity index (χ2v) is 10.4. The molecule has 9 heteroatoms. The van der Waals surface area contributed by atoms with Crippen molar-refractivity contribution in [3.05, 3.63) is 125 Å². The third kappa shape index (κ3) is 5.46. The second-order valence-electron chi connectivity index (χ2n) is 9.02. The SMILES string of the molecule is CCOc1cc(C=c2sc3n(c2=O)C(c2ccccc2)C(C(=O)OC)=C(C)N=3)cc(Cl)c1OCc1ccccc1. The number of carbonyl (C=O) groups is 1. The van der Waals surface area contributed by atoms with Crippen LogP contribution in [0.2, 0.25) is 5.02 Å². The molecule has 1 unspecified atom stereocenters. The molecule has 0 N–H and O–H groups in total. The number of methoxy groups -OCH3 is 1. The van der Waals surface area contributed by atoms with E-state index in [1.54, 1.807) is 29.7 Å². The molecular formula is C31H27ClN2O5S. The quantitative estimate of drug-likeness (QED) is 0.276. The highest BCUT2D eigenvalue weighted by molar-refractivity contribution is 7.07. The van der Waals surface area contributed by atoms with E-state index in [1.807, 2.05) is 67.6 Å². The highest BCUT2D eigenvalue weighted by atomic mass is 35.5. The van der Waals surface area contributed by atoms with Crippen LogP contribution >= 0.6 is 22.9 Å². The number of rotatable bonds is 8. The minimum Gasteiger partial charge on any atom is -0.490 e. The summed E-state index contributed by atoms with van der Waals surface area (Å²) in [6, 6.07) is 22.0. The van der Waals surface area contributed by atoms with E-state index in [9.17, 15) is 9.59 Å². The Morgan fingerprint density at radius 2 is 1.77 bits per heavy atom. The van der Waals surface area contributed by atoms with Gasteiger partial charge in [-0.1, -0.05) is 83.6 Å². The normalized spacial score (nSPS) is 14.9. The van der Waals surface area contributed by atoms with Crippen molar-refractivity contribution in [2.45, 2.75) is 26.5 Å². The fraction of sp³-hybridized carbons (Fsp3) is 0.194. The summed E-state index contributed by atoms with van der Waals surface area (Å²) in [6.07, 6.45) is 1.75. The maximum Gasteiger partial charge on any atom is 0.338 e. The van der Waals surface area contributed by atoms with Gasteiger partial charge in [0.05, 0.1) is 40.6 Å². The van der Waals surface area contributed by atoms with Gasteiger partial charge >= 0.3 is 5.97 Å². The molecule has 0 radical (unpaired) electrons. The molecule has 0 aliphatic carbocycles. The lowest BCUT2D eigenvalue weighted by atomic mass is 9.96. The topological polar surface area (TPSA) is 79.1 Å². The Balaban J connectivity index is 1.59. The molecule has 1 atom stereocenters. The van der Waals surface area contributed by atoms with E-state index in [0.29, 0.717) is 55.9 Å². The summed E-state index contributed by atoms with van der Waals surface area (Å²) in [5, 5.41) is 0.367. The summed E-state index contributed by atoms with van der Waals surface area (Å²) >= 11 is 7.90. The monoisotopic (exact) mass is 574 g/mol. The van der Waals surface area contributed by atoms with E-state index in [1.165, 1.54) is 18.4 Å². The van der Waals surface area contributed by atoms with E-state index >= 15 is 0 Å². The first-order valence-corrected chi connectivity index (χ1v) is 13.9. The van der Waals surface area contributed by atoms with Crippen LogP contribution in [0.15, 0.2) is 93.9 Å². The molecule has 0 fully saturated rings. The Hall–Kier alpha value is -4.14. The molecule has 2 heterocycles. The Morgan fingerprint density at radius 1 is 1.07 bits per heavy atom. The molecule has 3 aromatic carbocycles. The molecule has 1 aliphatic heterocycles. The van der Waals surface area contributed by atoms with E-state index in [0.717, 1.165) is 11.1 Å². The van der Waals surface area contributed by atoms with E-state index in [-0.39, 0.29) is 5.56 Å². The van der Waals surface area contributed by atoms with E-state index in [2.05, 4.69) is 4.99 Å². The molecule has 0 saturated heterocycles. The molecule has 0 bridgehead atoms. The van der Waals surface area contributed by atoms with Crippen LogP contribution in [-0.4, -0.2) is 24.3 Å². The van der Waals surface area contributed by atoms with Crippen molar-refractivity contribution in [3.8, 4) is 11.5 Å². The molecule has 1 aromatic heterocycles. The zero-order chi connectivity index (χ0) is 28.2. The third-order valence-corrected chi connectivity index (χ3v) is 7.66. The van der Waals surface area contributed by atoms with Crippen molar-refractivity contribution in [3.63, 3.8) is 0 Å². The lowest BCUT2D eigenvalue weighted by molar-refractivity contribution is -0.136. The Labute approximate surface area is 240 Å². The van der Waals surface area contributed by atoms with Crippen LogP contribution in [-0.2, 0) is 16.1 Å². The first-order chi connectivity index (χ1) is 19.4. The van der Waals surface area contributed by atoms with Crippen LogP contribution in [0.25, 0.3) is 6.08 Å². The Kier molecular flexibility index (Phi) is 8.19. The van der Waals surface area contributed by atoms with Crippen molar-refractivity contribution in [1.82, 2.24) is 4.57 Å². The number of aromatic nitrogens is 1. The molecule has 0 saturated carbocycles. The number of hydrogen-bond donors (Lipinski definition) is 0. The molecular weight excluding hydrogens is 548 g/mol. The Morgan fingerprint density at radius 3 is 2.45 bits per heavy atom. The molecule has 4 aromatic rings. The molecule has 0 amide bonds. The van der Waals surface area contributed by atoms with Crippen LogP contribution in [0.1, 0.15) is 36.6 Å². The van der Waals surface area contributed by atoms with Gasteiger partial charge < -0.3 is 14.2 Å². The number of nitrogens with zero attached hydrogens (tertiary/aromatic N) is 2. The number of halogens is 1. The zero-order valence-electron chi connectivity index (χ0n) is 22.2.